The second kappa shape index (κ2) is 5.52. The van der Waals surface area contributed by atoms with E-state index in [1.165, 1.54) is 0 Å². The number of benzene rings is 1. The zero-order valence-corrected chi connectivity index (χ0v) is 10.7. The third kappa shape index (κ3) is 2.51. The molecular formula is C15H13N3O2. The molecule has 1 aromatic heterocycles. The van der Waals surface area contributed by atoms with Crippen molar-refractivity contribution in [2.45, 2.75) is 6.42 Å². The van der Waals surface area contributed by atoms with Crippen LogP contribution in [0.25, 0.3) is 0 Å². The van der Waals surface area contributed by atoms with Gasteiger partial charge in [0.1, 0.15) is 11.4 Å². The molecular weight excluding hydrogens is 254 g/mol. The number of carbonyl (C=O) groups is 1. The van der Waals surface area contributed by atoms with Crippen LogP contribution in [0.2, 0.25) is 0 Å². The molecule has 0 atom stereocenters. The minimum absolute atomic E-state index is 0.318. The third-order valence-corrected chi connectivity index (χ3v) is 2.98. The van der Waals surface area contributed by atoms with Crippen LogP contribution in [-0.2, 0) is 0 Å². The van der Waals surface area contributed by atoms with E-state index in [0.717, 1.165) is 17.0 Å². The number of carbonyl (C=O) groups excluding carboxylic acids is 1. The number of nitrogens with zero attached hydrogens (tertiary/aromatic N) is 2. The monoisotopic (exact) mass is 267 g/mol. The van der Waals surface area contributed by atoms with Crippen molar-refractivity contribution in [2.75, 3.05) is 6.61 Å². The van der Waals surface area contributed by atoms with Crippen molar-refractivity contribution in [1.82, 2.24) is 10.4 Å². The van der Waals surface area contributed by atoms with E-state index in [0.29, 0.717) is 18.7 Å². The number of amides is 1. The number of aromatic nitrogens is 1. The summed E-state index contributed by atoms with van der Waals surface area (Å²) in [4.78, 5) is 15.9. The second-order valence-corrected chi connectivity index (χ2v) is 4.31. The summed E-state index contributed by atoms with van der Waals surface area (Å²) in [5, 5.41) is 4.20. The number of para-hydroxylation sites is 1. The number of ether oxygens (including phenoxy) is 1. The Labute approximate surface area is 116 Å². The minimum atomic E-state index is -0.318. The molecule has 0 bridgehead atoms. The highest BCUT2D eigenvalue weighted by Gasteiger charge is 2.16. The van der Waals surface area contributed by atoms with Gasteiger partial charge in [-0.3, -0.25) is 9.78 Å². The fourth-order valence-corrected chi connectivity index (χ4v) is 2.01. The molecule has 1 amide bonds. The Morgan fingerprint density at radius 1 is 1.20 bits per heavy atom. The molecule has 5 nitrogen and oxygen atoms in total. The van der Waals surface area contributed by atoms with Crippen LogP contribution in [0.3, 0.4) is 0 Å². The smallest absolute Gasteiger partial charge is 0.289 e. The number of hydrogen-bond acceptors (Lipinski definition) is 4. The van der Waals surface area contributed by atoms with E-state index < -0.39 is 0 Å². The normalized spacial score (nSPS) is 15.3. The van der Waals surface area contributed by atoms with E-state index in [4.69, 9.17) is 4.74 Å². The average Bonchev–Trinajstić information content (AvgIpc) is 2.53. The lowest BCUT2D eigenvalue weighted by atomic mass is 10.0. The Kier molecular flexibility index (Phi) is 3.41. The lowest BCUT2D eigenvalue weighted by Crippen LogP contribution is -2.24. The molecule has 1 aliphatic heterocycles. The molecule has 0 fully saturated rings. The highest BCUT2D eigenvalue weighted by molar-refractivity contribution is 6.04. The van der Waals surface area contributed by atoms with E-state index >= 15 is 0 Å². The van der Waals surface area contributed by atoms with Crippen molar-refractivity contribution < 1.29 is 9.53 Å². The van der Waals surface area contributed by atoms with Crippen LogP contribution in [0, 0.1) is 0 Å². The topological polar surface area (TPSA) is 63.6 Å². The maximum atomic E-state index is 11.9. The van der Waals surface area contributed by atoms with Crippen LogP contribution < -0.4 is 10.2 Å². The van der Waals surface area contributed by atoms with Gasteiger partial charge in [-0.25, -0.2) is 5.43 Å². The summed E-state index contributed by atoms with van der Waals surface area (Å²) in [7, 11) is 0. The molecule has 0 radical (unpaired) electrons. The molecule has 2 aromatic rings. The van der Waals surface area contributed by atoms with Crippen LogP contribution in [-0.4, -0.2) is 23.2 Å². The SMILES string of the molecule is O=C(N/N=C1/CCOc2ccccc21)c1ccccn1. The summed E-state index contributed by atoms with van der Waals surface area (Å²) >= 11 is 0. The van der Waals surface area contributed by atoms with Gasteiger partial charge in [0.05, 0.1) is 12.3 Å². The first-order valence-corrected chi connectivity index (χ1v) is 6.35. The largest absolute Gasteiger partial charge is 0.492 e. The molecule has 0 saturated heterocycles. The summed E-state index contributed by atoms with van der Waals surface area (Å²) in [6.07, 6.45) is 2.24. The van der Waals surface area contributed by atoms with Crippen molar-refractivity contribution in [3.63, 3.8) is 0 Å². The Balaban J connectivity index is 1.79. The molecule has 1 N–H and O–H groups in total. The zero-order chi connectivity index (χ0) is 13.8. The Morgan fingerprint density at radius 3 is 2.90 bits per heavy atom. The van der Waals surface area contributed by atoms with Gasteiger partial charge in [-0.1, -0.05) is 18.2 Å². The van der Waals surface area contributed by atoms with E-state index in [9.17, 15) is 4.79 Å². The molecule has 1 aliphatic rings. The maximum absolute atomic E-state index is 11.9. The van der Waals surface area contributed by atoms with Crippen LogP contribution in [0.4, 0.5) is 0 Å². The summed E-state index contributed by atoms with van der Waals surface area (Å²) in [6.45, 7) is 0.565. The van der Waals surface area contributed by atoms with Crippen LogP contribution in [0.1, 0.15) is 22.5 Å². The molecule has 2 heterocycles. The van der Waals surface area contributed by atoms with Gasteiger partial charge in [0, 0.05) is 18.2 Å². The van der Waals surface area contributed by atoms with Crippen molar-refractivity contribution in [3.8, 4) is 5.75 Å². The first-order chi connectivity index (χ1) is 9.84. The average molecular weight is 267 g/mol. The first-order valence-electron chi connectivity index (χ1n) is 6.35. The van der Waals surface area contributed by atoms with Crippen LogP contribution >= 0.6 is 0 Å². The molecule has 0 saturated carbocycles. The molecule has 100 valence electrons. The van der Waals surface area contributed by atoms with Crippen molar-refractivity contribution in [1.29, 1.82) is 0 Å². The van der Waals surface area contributed by atoms with Crippen molar-refractivity contribution in [3.05, 3.63) is 59.9 Å². The van der Waals surface area contributed by atoms with Gasteiger partial charge in [-0.2, -0.15) is 5.10 Å². The third-order valence-electron chi connectivity index (χ3n) is 2.98. The summed E-state index contributed by atoms with van der Waals surface area (Å²) in [6, 6.07) is 12.8. The van der Waals surface area contributed by atoms with E-state index in [-0.39, 0.29) is 5.91 Å². The van der Waals surface area contributed by atoms with Crippen LogP contribution in [0.5, 0.6) is 5.75 Å². The Morgan fingerprint density at radius 2 is 2.05 bits per heavy atom. The standard InChI is InChI=1S/C15H13N3O2/c19-15(13-6-3-4-9-16-13)18-17-12-8-10-20-14-7-2-1-5-11(12)14/h1-7,9H,8,10H2,(H,18,19)/b17-12-. The molecule has 0 unspecified atom stereocenters. The fourth-order valence-electron chi connectivity index (χ4n) is 2.01. The molecule has 1 aromatic carbocycles. The van der Waals surface area contributed by atoms with Gasteiger partial charge in [0.25, 0.3) is 5.91 Å². The van der Waals surface area contributed by atoms with Gasteiger partial charge in [-0.15, -0.1) is 0 Å². The quantitative estimate of drug-likeness (QED) is 0.846. The summed E-state index contributed by atoms with van der Waals surface area (Å²) in [5.74, 6) is 0.478. The molecule has 3 rings (SSSR count). The second-order valence-electron chi connectivity index (χ2n) is 4.31. The molecule has 0 spiro atoms. The van der Waals surface area contributed by atoms with Crippen molar-refractivity contribution in [2.24, 2.45) is 5.10 Å². The van der Waals surface area contributed by atoms with E-state index in [1.807, 2.05) is 24.3 Å². The van der Waals surface area contributed by atoms with Gasteiger partial charge >= 0.3 is 0 Å². The Hall–Kier alpha value is -2.69. The van der Waals surface area contributed by atoms with E-state index in [1.54, 1.807) is 24.4 Å². The predicted octanol–water partition coefficient (Wildman–Crippen LogP) is 2.00. The highest BCUT2D eigenvalue weighted by atomic mass is 16.5. The number of nitrogens with one attached hydrogen (secondary N) is 1. The molecule has 5 heteroatoms. The summed E-state index contributed by atoms with van der Waals surface area (Å²) < 4.78 is 5.54. The summed E-state index contributed by atoms with van der Waals surface area (Å²) in [5.41, 5.74) is 4.62. The van der Waals surface area contributed by atoms with Gasteiger partial charge in [0.2, 0.25) is 0 Å². The lowest BCUT2D eigenvalue weighted by molar-refractivity contribution is 0.0949. The lowest BCUT2D eigenvalue weighted by Gasteiger charge is -2.18. The van der Waals surface area contributed by atoms with Gasteiger partial charge < -0.3 is 4.74 Å². The number of fused-ring (bicyclic) bond motifs is 1. The maximum Gasteiger partial charge on any atom is 0.289 e. The number of rotatable bonds is 2. The van der Waals surface area contributed by atoms with Gasteiger partial charge in [-0.05, 0) is 24.3 Å². The Bertz CT molecular complexity index is 653. The number of hydrazone groups is 1. The molecule has 20 heavy (non-hydrogen) atoms. The zero-order valence-electron chi connectivity index (χ0n) is 10.7. The highest BCUT2D eigenvalue weighted by Crippen LogP contribution is 2.24. The van der Waals surface area contributed by atoms with E-state index in [2.05, 4.69) is 15.5 Å². The fraction of sp³-hybridized carbons (Fsp3) is 0.133. The van der Waals surface area contributed by atoms with Crippen molar-refractivity contribution >= 4 is 11.6 Å². The van der Waals surface area contributed by atoms with Crippen LogP contribution in [0.15, 0.2) is 53.8 Å². The first kappa shape index (κ1) is 12.3. The van der Waals surface area contributed by atoms with Gasteiger partial charge in [0.15, 0.2) is 0 Å². The molecule has 0 aliphatic carbocycles. The number of pyridine rings is 1. The number of hydrogen-bond donors (Lipinski definition) is 1. The predicted molar refractivity (Wildman–Crippen MR) is 74.8 cm³/mol. The minimum Gasteiger partial charge on any atom is -0.492 e.